The number of carbonyl (C=O) groups excluding carboxylic acids is 1. The molecule has 4 nitrogen and oxygen atoms in total. The summed E-state index contributed by atoms with van der Waals surface area (Å²) in [4.78, 5) is 14.3. The van der Waals surface area contributed by atoms with Gasteiger partial charge in [-0.3, -0.25) is 9.52 Å². The molecule has 5 rings (SSSR count). The fraction of sp³-hybridized carbons (Fsp3) is 0.233. The van der Waals surface area contributed by atoms with Crippen LogP contribution in [-0.2, 0) is 12.8 Å². The first-order chi connectivity index (χ1) is 17.5. The Morgan fingerprint density at radius 1 is 1.08 bits per heavy atom. The number of rotatable bonds is 8. The smallest absolute Gasteiger partial charge is 0.297 e. The lowest BCUT2D eigenvalue weighted by Crippen LogP contribution is -2.17. The average Bonchev–Trinajstić information content (AvgIpc) is 3.27. The van der Waals surface area contributed by atoms with Gasteiger partial charge in [-0.05, 0) is 91.9 Å². The van der Waals surface area contributed by atoms with Gasteiger partial charge in [0.2, 0.25) is 0 Å². The third kappa shape index (κ3) is 5.18. The normalized spacial score (nSPS) is 12.8. The summed E-state index contributed by atoms with van der Waals surface area (Å²) in [5, 5.41) is 1.74. The van der Waals surface area contributed by atoms with E-state index in [4.69, 9.17) is 20.8 Å². The molecular weight excluding hydrogens is 490 g/mol. The quantitative estimate of drug-likeness (QED) is 0.189. The molecule has 1 aliphatic rings. The number of ether oxygens (including phenoxy) is 1. The number of carbonyl (C=O) groups is 1. The lowest BCUT2D eigenvalue weighted by atomic mass is 9.97. The van der Waals surface area contributed by atoms with Crippen LogP contribution in [-0.4, -0.2) is 12.5 Å². The summed E-state index contributed by atoms with van der Waals surface area (Å²) in [6, 6.07) is 20.1. The molecule has 0 radical (unpaired) electrons. The van der Waals surface area contributed by atoms with Crippen LogP contribution in [0, 0.1) is 13.8 Å². The maximum atomic E-state index is 13.3. The molecular formula is C30H28ClNO3S. The molecule has 0 saturated heterocycles. The number of para-hydroxylation sites is 1. The lowest BCUT2D eigenvalue weighted by molar-refractivity contribution is 0.0958. The summed E-state index contributed by atoms with van der Waals surface area (Å²) >= 11 is 7.63. The molecule has 1 heterocycles. The Morgan fingerprint density at radius 3 is 2.67 bits per heavy atom. The van der Waals surface area contributed by atoms with Crippen molar-refractivity contribution in [2.45, 2.75) is 39.5 Å². The molecule has 6 heteroatoms. The number of furan rings is 1. The first-order valence-corrected chi connectivity index (χ1v) is 13.4. The van der Waals surface area contributed by atoms with E-state index < -0.39 is 0 Å². The third-order valence-electron chi connectivity index (χ3n) is 6.43. The molecule has 0 spiro atoms. The van der Waals surface area contributed by atoms with Gasteiger partial charge in [-0.1, -0.05) is 60.1 Å². The highest BCUT2D eigenvalue weighted by atomic mass is 35.5. The van der Waals surface area contributed by atoms with E-state index in [1.165, 1.54) is 23.1 Å². The van der Waals surface area contributed by atoms with E-state index in [9.17, 15) is 4.79 Å². The van der Waals surface area contributed by atoms with Crippen LogP contribution in [0.1, 0.15) is 51.2 Å². The van der Waals surface area contributed by atoms with Gasteiger partial charge in [0.25, 0.3) is 5.91 Å². The van der Waals surface area contributed by atoms with Gasteiger partial charge in [0.15, 0.2) is 5.76 Å². The molecule has 0 saturated carbocycles. The van der Waals surface area contributed by atoms with Gasteiger partial charge in [0.1, 0.15) is 11.3 Å². The van der Waals surface area contributed by atoms with Crippen LogP contribution in [0.15, 0.2) is 71.2 Å². The molecule has 0 fully saturated rings. The second-order valence-electron chi connectivity index (χ2n) is 9.03. The molecule has 1 N–H and O–H groups in total. The van der Waals surface area contributed by atoms with Crippen LogP contribution in [0.4, 0.5) is 0 Å². The van der Waals surface area contributed by atoms with E-state index in [0.29, 0.717) is 18.8 Å². The molecule has 1 aliphatic carbocycles. The zero-order valence-electron chi connectivity index (χ0n) is 20.4. The second-order valence-corrected chi connectivity index (χ2v) is 10.3. The highest BCUT2D eigenvalue weighted by Crippen LogP contribution is 2.34. The summed E-state index contributed by atoms with van der Waals surface area (Å²) in [6.07, 6.45) is 5.60. The standard InChI is InChI=1S/C30H28ClNO3S/c1-19-17-22(18-20(2)28(19)31)34-16-8-13-25-24-12-5-6-14-26(24)35-29(25)30(33)32-36-27-15-7-10-21-9-3-4-11-23(21)27/h3-6,9,11-12,14-15,17-18H,7-8,10,13,16H2,1-2H3,(H,32,33). The van der Waals surface area contributed by atoms with Gasteiger partial charge in [0.05, 0.1) is 6.61 Å². The lowest BCUT2D eigenvalue weighted by Gasteiger charge is -2.17. The van der Waals surface area contributed by atoms with Crippen molar-refractivity contribution in [3.8, 4) is 5.75 Å². The maximum absolute atomic E-state index is 13.3. The fourth-order valence-electron chi connectivity index (χ4n) is 4.65. The van der Waals surface area contributed by atoms with Gasteiger partial charge < -0.3 is 9.15 Å². The fourth-order valence-corrected chi connectivity index (χ4v) is 5.57. The van der Waals surface area contributed by atoms with Crippen LogP contribution in [0.25, 0.3) is 15.9 Å². The highest BCUT2D eigenvalue weighted by molar-refractivity contribution is 8.07. The van der Waals surface area contributed by atoms with Gasteiger partial charge in [-0.25, -0.2) is 0 Å². The highest BCUT2D eigenvalue weighted by Gasteiger charge is 2.22. The molecule has 4 aromatic rings. The van der Waals surface area contributed by atoms with Crippen molar-refractivity contribution >= 4 is 45.3 Å². The summed E-state index contributed by atoms with van der Waals surface area (Å²) in [5.74, 6) is 0.952. The van der Waals surface area contributed by atoms with E-state index in [1.807, 2.05) is 56.3 Å². The van der Waals surface area contributed by atoms with Crippen LogP contribution in [0.2, 0.25) is 5.02 Å². The maximum Gasteiger partial charge on any atom is 0.297 e. The minimum Gasteiger partial charge on any atom is -0.494 e. The summed E-state index contributed by atoms with van der Waals surface area (Å²) in [5.41, 5.74) is 6.12. The summed E-state index contributed by atoms with van der Waals surface area (Å²) < 4.78 is 15.0. The molecule has 0 aliphatic heterocycles. The van der Waals surface area contributed by atoms with E-state index in [0.717, 1.165) is 62.6 Å². The number of fused-ring (bicyclic) bond motifs is 2. The zero-order valence-corrected chi connectivity index (χ0v) is 22.0. The van der Waals surface area contributed by atoms with Gasteiger partial charge in [-0.15, -0.1) is 0 Å². The van der Waals surface area contributed by atoms with Crippen molar-refractivity contribution in [1.29, 1.82) is 0 Å². The number of nitrogens with one attached hydrogen (secondary N) is 1. The van der Waals surface area contributed by atoms with E-state index in [2.05, 4.69) is 29.0 Å². The Balaban J connectivity index is 1.28. The first kappa shape index (κ1) is 24.5. The molecule has 0 bridgehead atoms. The molecule has 184 valence electrons. The van der Waals surface area contributed by atoms with E-state index in [1.54, 1.807) is 0 Å². The summed E-state index contributed by atoms with van der Waals surface area (Å²) in [6.45, 7) is 4.48. The van der Waals surface area contributed by atoms with Gasteiger partial charge in [0, 0.05) is 20.9 Å². The number of hydrogen-bond acceptors (Lipinski definition) is 4. The average molecular weight is 518 g/mol. The Bertz CT molecular complexity index is 1430. The SMILES string of the molecule is Cc1cc(OCCCc2c(C(=O)NSC3=CCCc4ccccc43)oc3ccccc23)cc(C)c1Cl. The largest absolute Gasteiger partial charge is 0.494 e. The Labute approximate surface area is 220 Å². The Kier molecular flexibility index (Phi) is 7.40. The second kappa shape index (κ2) is 10.9. The minimum atomic E-state index is -0.222. The van der Waals surface area contributed by atoms with Crippen molar-refractivity contribution in [3.63, 3.8) is 0 Å². The van der Waals surface area contributed by atoms with E-state index in [-0.39, 0.29) is 5.91 Å². The Morgan fingerprint density at radius 2 is 1.83 bits per heavy atom. The topological polar surface area (TPSA) is 51.5 Å². The first-order valence-electron chi connectivity index (χ1n) is 12.2. The predicted octanol–water partition coefficient (Wildman–Crippen LogP) is 8.08. The number of aryl methyl sites for hydroxylation is 4. The molecule has 1 amide bonds. The minimum absolute atomic E-state index is 0.222. The van der Waals surface area contributed by atoms with Crippen molar-refractivity contribution in [2.24, 2.45) is 0 Å². The van der Waals surface area contributed by atoms with Crippen LogP contribution in [0.3, 0.4) is 0 Å². The number of hydrogen-bond donors (Lipinski definition) is 1. The number of amides is 1. The molecule has 1 aromatic heterocycles. The molecule has 0 atom stereocenters. The molecule has 3 aromatic carbocycles. The number of benzene rings is 3. The zero-order chi connectivity index (χ0) is 25.1. The monoisotopic (exact) mass is 517 g/mol. The van der Waals surface area contributed by atoms with Crippen molar-refractivity contribution in [1.82, 2.24) is 4.72 Å². The van der Waals surface area contributed by atoms with Crippen LogP contribution < -0.4 is 9.46 Å². The number of halogens is 1. The van der Waals surface area contributed by atoms with Crippen molar-refractivity contribution in [3.05, 3.63) is 105 Å². The predicted molar refractivity (Wildman–Crippen MR) is 149 cm³/mol. The molecule has 0 unspecified atom stereocenters. The van der Waals surface area contributed by atoms with Crippen molar-refractivity contribution < 1.29 is 13.9 Å². The van der Waals surface area contributed by atoms with E-state index >= 15 is 0 Å². The number of allylic oxidation sites excluding steroid dienone is 1. The Hall–Kier alpha value is -3.15. The summed E-state index contributed by atoms with van der Waals surface area (Å²) in [7, 11) is 0. The molecule has 36 heavy (non-hydrogen) atoms. The third-order valence-corrected chi connectivity index (χ3v) is 7.92. The van der Waals surface area contributed by atoms with Gasteiger partial charge >= 0.3 is 0 Å². The van der Waals surface area contributed by atoms with Crippen molar-refractivity contribution in [2.75, 3.05) is 6.61 Å². The van der Waals surface area contributed by atoms with Gasteiger partial charge in [-0.2, -0.15) is 0 Å². The van der Waals surface area contributed by atoms with Crippen LogP contribution in [0.5, 0.6) is 5.75 Å². The van der Waals surface area contributed by atoms with Crippen LogP contribution >= 0.6 is 23.5 Å².